The van der Waals surface area contributed by atoms with E-state index in [1.807, 2.05) is 43.4 Å². The van der Waals surface area contributed by atoms with Gasteiger partial charge in [-0.05, 0) is 39.7 Å². The third-order valence-electron chi connectivity index (χ3n) is 2.13. The zero-order chi connectivity index (χ0) is 14.6. The molecule has 0 aromatic carbocycles. The van der Waals surface area contributed by atoms with Crippen LogP contribution in [0.5, 0.6) is 0 Å². The van der Waals surface area contributed by atoms with Gasteiger partial charge in [0.25, 0.3) is 0 Å². The summed E-state index contributed by atoms with van der Waals surface area (Å²) in [6.45, 7) is 5.54. The molecule has 1 amide bonds. The van der Waals surface area contributed by atoms with Gasteiger partial charge >= 0.3 is 0 Å². The van der Waals surface area contributed by atoms with Crippen molar-refractivity contribution in [3.63, 3.8) is 0 Å². The summed E-state index contributed by atoms with van der Waals surface area (Å²) in [6, 6.07) is 0. The van der Waals surface area contributed by atoms with E-state index in [0.717, 1.165) is 12.8 Å². The lowest BCUT2D eigenvalue weighted by Crippen LogP contribution is -2.37. The summed E-state index contributed by atoms with van der Waals surface area (Å²) in [7, 11) is 0. The molecule has 0 spiro atoms. The maximum absolute atomic E-state index is 11.4. The molecule has 3 heteroatoms. The summed E-state index contributed by atoms with van der Waals surface area (Å²) in [5.74, 6) is -0.168. The molecule has 0 bridgehead atoms. The SMILES string of the molecule is CC=C/C=C/C=CCCC=CC(=O)NCC(C)(C)O. The Hall–Kier alpha value is -1.61. The third-order valence-corrected chi connectivity index (χ3v) is 2.13. The van der Waals surface area contributed by atoms with E-state index in [1.165, 1.54) is 6.08 Å². The molecule has 0 heterocycles. The average Bonchev–Trinajstić information content (AvgIpc) is 2.33. The van der Waals surface area contributed by atoms with Crippen molar-refractivity contribution in [1.82, 2.24) is 5.32 Å². The van der Waals surface area contributed by atoms with Crippen molar-refractivity contribution in [3.8, 4) is 0 Å². The number of rotatable bonds is 8. The maximum atomic E-state index is 11.4. The van der Waals surface area contributed by atoms with Gasteiger partial charge in [-0.1, -0.05) is 42.5 Å². The molecule has 106 valence electrons. The highest BCUT2D eigenvalue weighted by atomic mass is 16.3. The van der Waals surface area contributed by atoms with E-state index in [1.54, 1.807) is 13.8 Å². The first-order valence-electron chi connectivity index (χ1n) is 6.57. The third kappa shape index (κ3) is 14.3. The van der Waals surface area contributed by atoms with Crippen LogP contribution in [0.15, 0.2) is 48.6 Å². The standard InChI is InChI=1S/C16H25NO2/c1-4-5-6-7-8-9-10-11-12-13-15(18)17-14-16(2,3)19/h4-9,12-13,19H,10-11,14H2,1-3H3,(H,17,18)/b5-4?,7-6+,9-8?,13-12?. The molecule has 0 atom stereocenters. The molecular weight excluding hydrogens is 238 g/mol. The van der Waals surface area contributed by atoms with Gasteiger partial charge in [-0.25, -0.2) is 0 Å². The van der Waals surface area contributed by atoms with Crippen LogP contribution in [0.1, 0.15) is 33.6 Å². The van der Waals surface area contributed by atoms with Crippen molar-refractivity contribution >= 4 is 5.91 Å². The van der Waals surface area contributed by atoms with Gasteiger partial charge < -0.3 is 10.4 Å². The van der Waals surface area contributed by atoms with E-state index >= 15 is 0 Å². The van der Waals surface area contributed by atoms with Crippen LogP contribution in [-0.2, 0) is 4.79 Å². The Bertz CT molecular complexity index is 357. The van der Waals surface area contributed by atoms with Crippen molar-refractivity contribution in [1.29, 1.82) is 0 Å². The van der Waals surface area contributed by atoms with Crippen molar-refractivity contribution in [3.05, 3.63) is 48.6 Å². The van der Waals surface area contributed by atoms with Crippen molar-refractivity contribution < 1.29 is 9.90 Å². The second-order valence-electron chi connectivity index (χ2n) is 4.85. The molecule has 0 aliphatic rings. The number of carbonyl (C=O) groups is 1. The highest BCUT2D eigenvalue weighted by Crippen LogP contribution is 1.97. The summed E-state index contributed by atoms with van der Waals surface area (Å²) in [6.07, 6.45) is 17.0. The molecule has 19 heavy (non-hydrogen) atoms. The molecule has 0 aromatic rings. The molecule has 0 unspecified atom stereocenters. The Morgan fingerprint density at radius 3 is 2.37 bits per heavy atom. The molecule has 0 saturated heterocycles. The number of amides is 1. The Morgan fingerprint density at radius 1 is 1.11 bits per heavy atom. The lowest BCUT2D eigenvalue weighted by molar-refractivity contribution is -0.117. The molecule has 0 aliphatic carbocycles. The number of carbonyl (C=O) groups excluding carboxylic acids is 1. The van der Waals surface area contributed by atoms with Crippen molar-refractivity contribution in [2.24, 2.45) is 0 Å². The average molecular weight is 263 g/mol. The first-order chi connectivity index (χ1) is 8.95. The summed E-state index contributed by atoms with van der Waals surface area (Å²) in [5.41, 5.74) is -0.870. The molecule has 0 radical (unpaired) electrons. The smallest absolute Gasteiger partial charge is 0.243 e. The van der Waals surface area contributed by atoms with Gasteiger partial charge in [0.15, 0.2) is 0 Å². The van der Waals surface area contributed by atoms with Gasteiger partial charge in [0.05, 0.1) is 5.60 Å². The van der Waals surface area contributed by atoms with Crippen LogP contribution in [0, 0.1) is 0 Å². The number of hydrogen-bond donors (Lipinski definition) is 2. The van der Waals surface area contributed by atoms with E-state index in [-0.39, 0.29) is 12.5 Å². The highest BCUT2D eigenvalue weighted by Gasteiger charge is 2.12. The van der Waals surface area contributed by atoms with Crippen LogP contribution in [0.3, 0.4) is 0 Å². The molecule has 0 fully saturated rings. The quantitative estimate of drug-likeness (QED) is 0.402. The topological polar surface area (TPSA) is 49.3 Å². The minimum atomic E-state index is -0.870. The predicted molar refractivity (Wildman–Crippen MR) is 80.8 cm³/mol. The number of allylic oxidation sites excluding steroid dienone is 7. The molecular formula is C16H25NO2. The van der Waals surface area contributed by atoms with E-state index in [2.05, 4.69) is 11.4 Å². The fraction of sp³-hybridized carbons (Fsp3) is 0.438. The van der Waals surface area contributed by atoms with Gasteiger partial charge in [0.2, 0.25) is 5.91 Å². The fourth-order valence-corrected chi connectivity index (χ4v) is 1.16. The van der Waals surface area contributed by atoms with Gasteiger partial charge in [0, 0.05) is 6.54 Å². The summed E-state index contributed by atoms with van der Waals surface area (Å²) < 4.78 is 0. The number of hydrogen-bond acceptors (Lipinski definition) is 2. The molecule has 2 N–H and O–H groups in total. The van der Waals surface area contributed by atoms with Gasteiger partial charge in [0.1, 0.15) is 0 Å². The maximum Gasteiger partial charge on any atom is 0.243 e. The lowest BCUT2D eigenvalue weighted by Gasteiger charge is -2.16. The van der Waals surface area contributed by atoms with E-state index in [9.17, 15) is 9.90 Å². The van der Waals surface area contributed by atoms with Crippen LogP contribution in [-0.4, -0.2) is 23.2 Å². The monoisotopic (exact) mass is 263 g/mol. The first-order valence-corrected chi connectivity index (χ1v) is 6.57. The number of aliphatic hydroxyl groups is 1. The van der Waals surface area contributed by atoms with Crippen LogP contribution in [0.2, 0.25) is 0 Å². The molecule has 3 nitrogen and oxygen atoms in total. The number of unbranched alkanes of at least 4 members (excludes halogenated alkanes) is 1. The highest BCUT2D eigenvalue weighted by molar-refractivity contribution is 5.87. The Kier molecular flexibility index (Phi) is 9.45. The molecule has 0 aromatic heterocycles. The summed E-state index contributed by atoms with van der Waals surface area (Å²) >= 11 is 0. The minimum absolute atomic E-state index is 0.168. The lowest BCUT2D eigenvalue weighted by atomic mass is 10.1. The Morgan fingerprint density at radius 2 is 1.74 bits per heavy atom. The van der Waals surface area contributed by atoms with Gasteiger partial charge in [-0.2, -0.15) is 0 Å². The van der Waals surface area contributed by atoms with Gasteiger partial charge in [-0.15, -0.1) is 0 Å². The van der Waals surface area contributed by atoms with Crippen LogP contribution in [0.25, 0.3) is 0 Å². The van der Waals surface area contributed by atoms with E-state index in [4.69, 9.17) is 0 Å². The van der Waals surface area contributed by atoms with Crippen LogP contribution in [0.4, 0.5) is 0 Å². The van der Waals surface area contributed by atoms with Crippen molar-refractivity contribution in [2.75, 3.05) is 6.54 Å². The van der Waals surface area contributed by atoms with Crippen LogP contribution < -0.4 is 5.32 Å². The largest absolute Gasteiger partial charge is 0.389 e. The number of nitrogens with one attached hydrogen (secondary N) is 1. The summed E-state index contributed by atoms with van der Waals surface area (Å²) in [5, 5.41) is 12.1. The van der Waals surface area contributed by atoms with Crippen molar-refractivity contribution in [2.45, 2.75) is 39.2 Å². The minimum Gasteiger partial charge on any atom is -0.389 e. The zero-order valence-electron chi connectivity index (χ0n) is 12.1. The molecule has 0 aliphatic heterocycles. The van der Waals surface area contributed by atoms with Crippen LogP contribution >= 0.6 is 0 Å². The van der Waals surface area contributed by atoms with Gasteiger partial charge in [-0.3, -0.25) is 4.79 Å². The fourth-order valence-electron chi connectivity index (χ4n) is 1.16. The Labute approximate surface area is 116 Å². The first kappa shape index (κ1) is 17.4. The van der Waals surface area contributed by atoms with E-state index in [0.29, 0.717) is 0 Å². The summed E-state index contributed by atoms with van der Waals surface area (Å²) in [4.78, 5) is 11.4. The zero-order valence-corrected chi connectivity index (χ0v) is 12.1. The normalized spacial score (nSPS) is 13.3. The Balaban J connectivity index is 3.71. The van der Waals surface area contributed by atoms with E-state index < -0.39 is 5.60 Å². The molecule has 0 saturated carbocycles. The predicted octanol–water partition coefficient (Wildman–Crippen LogP) is 2.90. The molecule has 0 rings (SSSR count). The second kappa shape index (κ2) is 10.3. The second-order valence-corrected chi connectivity index (χ2v) is 4.85.